The molecule has 2 aromatic rings. The standard InChI is InChI=1S/C18H17Cl6N3/c1-3-4-5-8-11(2)12-9-6-7-10-13(12)14-25-15(17(19,20)21)27-16(26-14)18(22,23)24/h6-7,9-10H,2-5,8H2,1H3. The number of unbranched alkanes of at least 4 members (excludes halogenated alkanes) is 2. The number of halogens is 6. The van der Waals surface area contributed by atoms with Gasteiger partial charge in [-0.3, -0.25) is 0 Å². The Kier molecular flexibility index (Phi) is 8.07. The molecule has 0 N–H and O–H groups in total. The molecule has 0 radical (unpaired) electrons. The van der Waals surface area contributed by atoms with Gasteiger partial charge in [-0.15, -0.1) is 0 Å². The van der Waals surface area contributed by atoms with Crippen molar-refractivity contribution in [3.05, 3.63) is 48.1 Å². The van der Waals surface area contributed by atoms with Gasteiger partial charge < -0.3 is 0 Å². The maximum Gasteiger partial charge on any atom is 0.250 e. The molecule has 0 saturated heterocycles. The fraction of sp³-hybridized carbons (Fsp3) is 0.389. The third-order valence-electron chi connectivity index (χ3n) is 3.77. The molecule has 0 fully saturated rings. The van der Waals surface area contributed by atoms with Gasteiger partial charge in [0.2, 0.25) is 7.59 Å². The molecule has 0 saturated carbocycles. The molecule has 1 aromatic carbocycles. The van der Waals surface area contributed by atoms with Crippen molar-refractivity contribution in [2.75, 3.05) is 0 Å². The number of hydrogen-bond donors (Lipinski definition) is 0. The minimum Gasteiger partial charge on any atom is -0.209 e. The fourth-order valence-electron chi connectivity index (χ4n) is 2.46. The molecule has 0 aliphatic carbocycles. The summed E-state index contributed by atoms with van der Waals surface area (Å²) in [5.41, 5.74) is 2.56. The molecular weight excluding hydrogens is 471 g/mol. The second-order valence-electron chi connectivity index (χ2n) is 5.91. The van der Waals surface area contributed by atoms with Crippen LogP contribution in [-0.2, 0) is 7.59 Å². The second-order valence-corrected chi connectivity index (χ2v) is 10.5. The largest absolute Gasteiger partial charge is 0.250 e. The number of rotatable bonds is 6. The first kappa shape index (κ1) is 23.0. The Morgan fingerprint density at radius 1 is 0.889 bits per heavy atom. The number of hydrogen-bond acceptors (Lipinski definition) is 3. The average Bonchev–Trinajstić information content (AvgIpc) is 2.60. The molecule has 0 atom stereocenters. The third-order valence-corrected chi connectivity index (χ3v) is 4.79. The Morgan fingerprint density at radius 2 is 1.44 bits per heavy atom. The smallest absolute Gasteiger partial charge is 0.209 e. The topological polar surface area (TPSA) is 38.7 Å². The van der Waals surface area contributed by atoms with Gasteiger partial charge in [0, 0.05) is 5.56 Å². The van der Waals surface area contributed by atoms with E-state index in [1.165, 1.54) is 0 Å². The monoisotopic (exact) mass is 485 g/mol. The van der Waals surface area contributed by atoms with E-state index in [1.807, 2.05) is 24.3 Å². The van der Waals surface area contributed by atoms with E-state index in [-0.39, 0.29) is 17.5 Å². The van der Waals surface area contributed by atoms with Crippen molar-refractivity contribution in [2.24, 2.45) is 0 Å². The summed E-state index contributed by atoms with van der Waals surface area (Å²) in [6, 6.07) is 7.56. The first-order chi connectivity index (χ1) is 12.5. The highest BCUT2D eigenvalue weighted by atomic mass is 35.6. The van der Waals surface area contributed by atoms with Crippen molar-refractivity contribution in [3.8, 4) is 11.4 Å². The van der Waals surface area contributed by atoms with Crippen molar-refractivity contribution in [1.82, 2.24) is 15.0 Å². The van der Waals surface area contributed by atoms with Crippen LogP contribution in [0.3, 0.4) is 0 Å². The van der Waals surface area contributed by atoms with Gasteiger partial charge in [-0.1, -0.05) is 120 Å². The number of aromatic nitrogens is 3. The Morgan fingerprint density at radius 3 is 1.96 bits per heavy atom. The Bertz CT molecular complexity index is 779. The second kappa shape index (κ2) is 9.47. The highest BCUT2D eigenvalue weighted by Gasteiger charge is 2.34. The van der Waals surface area contributed by atoms with E-state index in [2.05, 4.69) is 28.5 Å². The molecule has 0 amide bonds. The molecular formula is C18H17Cl6N3. The number of benzene rings is 1. The molecule has 0 aliphatic rings. The van der Waals surface area contributed by atoms with Crippen LogP contribution in [0, 0.1) is 0 Å². The lowest BCUT2D eigenvalue weighted by atomic mass is 9.96. The van der Waals surface area contributed by atoms with E-state index in [1.54, 1.807) is 0 Å². The van der Waals surface area contributed by atoms with Crippen LogP contribution in [0.2, 0.25) is 0 Å². The van der Waals surface area contributed by atoms with E-state index in [0.29, 0.717) is 5.56 Å². The molecule has 0 spiro atoms. The van der Waals surface area contributed by atoms with Gasteiger partial charge in [0.15, 0.2) is 17.5 Å². The van der Waals surface area contributed by atoms with E-state index < -0.39 is 7.59 Å². The van der Waals surface area contributed by atoms with Crippen LogP contribution in [0.15, 0.2) is 30.8 Å². The maximum atomic E-state index is 5.96. The predicted octanol–water partition coefficient (Wildman–Crippen LogP) is 7.79. The molecule has 146 valence electrons. The van der Waals surface area contributed by atoms with Crippen molar-refractivity contribution >= 4 is 75.2 Å². The molecule has 0 aliphatic heterocycles. The summed E-state index contributed by atoms with van der Waals surface area (Å²) in [6.45, 7) is 6.35. The Hall–Kier alpha value is -0.290. The van der Waals surface area contributed by atoms with Crippen LogP contribution in [0.25, 0.3) is 17.0 Å². The number of allylic oxidation sites excluding steroid dienone is 1. The highest BCUT2D eigenvalue weighted by molar-refractivity contribution is 6.67. The lowest BCUT2D eigenvalue weighted by Crippen LogP contribution is -2.17. The quantitative estimate of drug-likeness (QED) is 0.308. The summed E-state index contributed by atoms with van der Waals surface area (Å²) < 4.78 is -3.79. The SMILES string of the molecule is C=C(CCCCC)c1ccccc1-c1nc(C(Cl)(Cl)Cl)nc(C(Cl)(Cl)Cl)n1. The van der Waals surface area contributed by atoms with Gasteiger partial charge in [-0.25, -0.2) is 15.0 Å². The molecule has 2 rings (SSSR count). The lowest BCUT2D eigenvalue weighted by molar-refractivity contribution is 0.736. The van der Waals surface area contributed by atoms with Gasteiger partial charge in [0.25, 0.3) is 0 Å². The van der Waals surface area contributed by atoms with Crippen LogP contribution >= 0.6 is 69.6 Å². The minimum absolute atomic E-state index is 0.120. The van der Waals surface area contributed by atoms with Gasteiger partial charge >= 0.3 is 0 Å². The average molecular weight is 488 g/mol. The molecule has 1 heterocycles. The first-order valence-electron chi connectivity index (χ1n) is 8.22. The summed E-state index contributed by atoms with van der Waals surface area (Å²) >= 11 is 35.7. The number of alkyl halides is 6. The van der Waals surface area contributed by atoms with Gasteiger partial charge in [0.05, 0.1) is 0 Å². The summed E-state index contributed by atoms with van der Waals surface area (Å²) in [5, 5.41) is 0. The zero-order valence-corrected chi connectivity index (χ0v) is 19.0. The van der Waals surface area contributed by atoms with Crippen LogP contribution < -0.4 is 0 Å². The molecule has 1 aromatic heterocycles. The molecule has 0 unspecified atom stereocenters. The van der Waals surface area contributed by atoms with Crippen LogP contribution in [0.1, 0.15) is 49.8 Å². The summed E-state index contributed by atoms with van der Waals surface area (Å²) in [5.74, 6) is 0.00957. The van der Waals surface area contributed by atoms with E-state index in [9.17, 15) is 0 Å². The molecule has 9 heteroatoms. The van der Waals surface area contributed by atoms with Crippen molar-refractivity contribution < 1.29 is 0 Å². The highest BCUT2D eigenvalue weighted by Crippen LogP contribution is 2.41. The predicted molar refractivity (Wildman–Crippen MR) is 117 cm³/mol. The molecule has 27 heavy (non-hydrogen) atoms. The lowest BCUT2D eigenvalue weighted by Gasteiger charge is -2.17. The molecule has 0 bridgehead atoms. The van der Waals surface area contributed by atoms with E-state index in [4.69, 9.17) is 69.6 Å². The number of nitrogens with zero attached hydrogens (tertiary/aromatic N) is 3. The first-order valence-corrected chi connectivity index (χ1v) is 10.5. The van der Waals surface area contributed by atoms with Gasteiger partial charge in [-0.05, 0) is 24.0 Å². The van der Waals surface area contributed by atoms with Crippen molar-refractivity contribution in [2.45, 2.75) is 40.2 Å². The normalized spacial score (nSPS) is 12.3. The fourth-order valence-corrected chi connectivity index (χ4v) is 2.97. The van der Waals surface area contributed by atoms with Crippen LogP contribution in [0.5, 0.6) is 0 Å². The maximum absolute atomic E-state index is 5.96. The summed E-state index contributed by atoms with van der Waals surface area (Å²) in [4.78, 5) is 12.6. The summed E-state index contributed by atoms with van der Waals surface area (Å²) in [6.07, 6.45) is 4.15. The van der Waals surface area contributed by atoms with E-state index in [0.717, 1.165) is 36.8 Å². The minimum atomic E-state index is -1.89. The zero-order chi connectivity index (χ0) is 20.2. The zero-order valence-electron chi connectivity index (χ0n) is 14.5. The molecule has 3 nitrogen and oxygen atoms in total. The van der Waals surface area contributed by atoms with E-state index >= 15 is 0 Å². The Labute approximate surface area is 189 Å². The summed E-state index contributed by atoms with van der Waals surface area (Å²) in [7, 11) is 0. The van der Waals surface area contributed by atoms with Crippen LogP contribution in [0.4, 0.5) is 0 Å². The Balaban J connectivity index is 2.56. The van der Waals surface area contributed by atoms with Crippen LogP contribution in [-0.4, -0.2) is 15.0 Å². The van der Waals surface area contributed by atoms with Crippen molar-refractivity contribution in [1.29, 1.82) is 0 Å². The third kappa shape index (κ3) is 6.35. The van der Waals surface area contributed by atoms with Gasteiger partial charge in [-0.2, -0.15) is 0 Å². The van der Waals surface area contributed by atoms with Gasteiger partial charge in [0.1, 0.15) is 0 Å². The van der Waals surface area contributed by atoms with Crippen molar-refractivity contribution in [3.63, 3.8) is 0 Å².